The monoisotopic (exact) mass is 235 g/mol. The summed E-state index contributed by atoms with van der Waals surface area (Å²) in [6.45, 7) is 1.98. The summed E-state index contributed by atoms with van der Waals surface area (Å²) in [5.74, 6) is 0.313. The zero-order valence-electron chi connectivity index (χ0n) is 10.1. The van der Waals surface area contributed by atoms with E-state index in [9.17, 15) is 9.18 Å². The van der Waals surface area contributed by atoms with E-state index in [0.717, 1.165) is 12.8 Å². The molecule has 1 amide bonds. The normalized spacial score (nSPS) is 18.0. The highest BCUT2D eigenvalue weighted by Gasteiger charge is 2.26. The van der Waals surface area contributed by atoms with Crippen LogP contribution in [0.4, 0.5) is 10.1 Å². The molecule has 0 spiro atoms. The van der Waals surface area contributed by atoms with Gasteiger partial charge in [0.2, 0.25) is 5.91 Å². The Morgan fingerprint density at radius 1 is 1.29 bits per heavy atom. The molecule has 1 aliphatic carbocycles. The van der Waals surface area contributed by atoms with Crippen LogP contribution in [0.1, 0.15) is 32.6 Å². The highest BCUT2D eigenvalue weighted by Crippen LogP contribution is 2.31. The molecule has 0 radical (unpaired) electrons. The van der Waals surface area contributed by atoms with Gasteiger partial charge in [0, 0.05) is 11.6 Å². The molecule has 0 aliphatic heterocycles. The minimum absolute atomic E-state index is 0.0440. The number of rotatable bonds is 3. The maximum absolute atomic E-state index is 12.7. The summed E-state index contributed by atoms with van der Waals surface area (Å²) in [6, 6.07) is 5.90. The molecule has 1 unspecified atom stereocenters. The number of hydrogen-bond acceptors (Lipinski definition) is 1. The Morgan fingerprint density at radius 2 is 1.88 bits per heavy atom. The van der Waals surface area contributed by atoms with Crippen molar-refractivity contribution >= 4 is 11.6 Å². The summed E-state index contributed by atoms with van der Waals surface area (Å²) in [5, 5.41) is 2.84. The fraction of sp³-hybridized carbons (Fsp3) is 0.500. The molecule has 1 saturated carbocycles. The molecular weight excluding hydrogens is 217 g/mol. The van der Waals surface area contributed by atoms with Gasteiger partial charge in [-0.2, -0.15) is 0 Å². The molecule has 0 bridgehead atoms. The average molecular weight is 235 g/mol. The standard InChI is InChI=1S/C14H18FNO/c1-10(11-4-2-3-5-11)14(17)16-13-8-6-12(15)7-9-13/h6-11H,2-5H2,1H3,(H,16,17). The maximum atomic E-state index is 12.7. The number of amides is 1. The van der Waals surface area contributed by atoms with Crippen LogP contribution in [0.5, 0.6) is 0 Å². The van der Waals surface area contributed by atoms with Crippen molar-refractivity contribution in [3.63, 3.8) is 0 Å². The van der Waals surface area contributed by atoms with Crippen LogP contribution in [0.2, 0.25) is 0 Å². The molecule has 1 fully saturated rings. The van der Waals surface area contributed by atoms with E-state index in [1.165, 1.54) is 25.0 Å². The van der Waals surface area contributed by atoms with Crippen molar-refractivity contribution in [2.45, 2.75) is 32.6 Å². The number of carbonyl (C=O) groups is 1. The molecule has 17 heavy (non-hydrogen) atoms. The van der Waals surface area contributed by atoms with E-state index < -0.39 is 0 Å². The van der Waals surface area contributed by atoms with Gasteiger partial charge in [-0.15, -0.1) is 0 Å². The molecule has 1 aliphatic rings. The van der Waals surface area contributed by atoms with Gasteiger partial charge < -0.3 is 5.32 Å². The van der Waals surface area contributed by atoms with Gasteiger partial charge in [-0.3, -0.25) is 4.79 Å². The quantitative estimate of drug-likeness (QED) is 0.852. The van der Waals surface area contributed by atoms with Gasteiger partial charge >= 0.3 is 0 Å². The van der Waals surface area contributed by atoms with Crippen molar-refractivity contribution in [3.8, 4) is 0 Å². The lowest BCUT2D eigenvalue weighted by Crippen LogP contribution is -2.25. The third kappa shape index (κ3) is 3.05. The van der Waals surface area contributed by atoms with E-state index in [1.807, 2.05) is 6.92 Å². The number of carbonyl (C=O) groups excluding carboxylic acids is 1. The lowest BCUT2D eigenvalue weighted by molar-refractivity contribution is -0.120. The summed E-state index contributed by atoms with van der Waals surface area (Å²) in [5.41, 5.74) is 0.668. The Labute approximate surface area is 101 Å². The highest BCUT2D eigenvalue weighted by molar-refractivity contribution is 5.92. The van der Waals surface area contributed by atoms with E-state index in [4.69, 9.17) is 0 Å². The first kappa shape index (κ1) is 12.1. The van der Waals surface area contributed by atoms with Gasteiger partial charge in [0.15, 0.2) is 0 Å². The third-order valence-electron chi connectivity index (χ3n) is 3.63. The van der Waals surface area contributed by atoms with E-state index in [0.29, 0.717) is 11.6 Å². The summed E-state index contributed by atoms with van der Waals surface area (Å²) in [6.07, 6.45) is 4.77. The van der Waals surface area contributed by atoms with E-state index >= 15 is 0 Å². The number of hydrogen-bond donors (Lipinski definition) is 1. The zero-order valence-corrected chi connectivity index (χ0v) is 10.1. The Morgan fingerprint density at radius 3 is 2.47 bits per heavy atom. The Hall–Kier alpha value is -1.38. The molecule has 0 heterocycles. The van der Waals surface area contributed by atoms with Crippen molar-refractivity contribution in [2.24, 2.45) is 11.8 Å². The first-order valence-electron chi connectivity index (χ1n) is 6.23. The van der Waals surface area contributed by atoms with E-state index in [1.54, 1.807) is 12.1 Å². The van der Waals surface area contributed by atoms with E-state index in [-0.39, 0.29) is 17.6 Å². The second-order valence-corrected chi connectivity index (χ2v) is 4.83. The fourth-order valence-electron chi connectivity index (χ4n) is 2.46. The molecule has 2 rings (SSSR count). The van der Waals surface area contributed by atoms with Crippen LogP contribution in [0, 0.1) is 17.7 Å². The molecule has 0 saturated heterocycles. The minimum Gasteiger partial charge on any atom is -0.326 e. The second kappa shape index (κ2) is 5.30. The van der Waals surface area contributed by atoms with Crippen LogP contribution >= 0.6 is 0 Å². The summed E-state index contributed by atoms with van der Waals surface area (Å²) < 4.78 is 12.7. The molecule has 3 heteroatoms. The Balaban J connectivity index is 1.93. The molecular formula is C14H18FNO. The lowest BCUT2D eigenvalue weighted by atomic mass is 9.92. The fourth-order valence-corrected chi connectivity index (χ4v) is 2.46. The average Bonchev–Trinajstić information content (AvgIpc) is 2.84. The Bertz CT molecular complexity index is 382. The number of benzene rings is 1. The van der Waals surface area contributed by atoms with Gasteiger partial charge in [-0.25, -0.2) is 4.39 Å². The predicted molar refractivity (Wildman–Crippen MR) is 66.2 cm³/mol. The van der Waals surface area contributed by atoms with Gasteiger partial charge in [-0.1, -0.05) is 19.8 Å². The molecule has 1 aromatic carbocycles. The Kier molecular flexibility index (Phi) is 3.77. The highest BCUT2D eigenvalue weighted by atomic mass is 19.1. The number of nitrogens with one attached hydrogen (secondary N) is 1. The van der Waals surface area contributed by atoms with Crippen LogP contribution in [0.25, 0.3) is 0 Å². The van der Waals surface area contributed by atoms with Crippen LogP contribution in [0.3, 0.4) is 0 Å². The van der Waals surface area contributed by atoms with Gasteiger partial charge in [0.25, 0.3) is 0 Å². The van der Waals surface area contributed by atoms with Gasteiger partial charge in [0.05, 0.1) is 0 Å². The molecule has 1 aromatic rings. The molecule has 2 nitrogen and oxygen atoms in total. The van der Waals surface area contributed by atoms with E-state index in [2.05, 4.69) is 5.32 Å². The van der Waals surface area contributed by atoms with Crippen LogP contribution < -0.4 is 5.32 Å². The smallest absolute Gasteiger partial charge is 0.227 e. The SMILES string of the molecule is CC(C(=O)Nc1ccc(F)cc1)C1CCCC1. The molecule has 1 atom stereocenters. The molecule has 1 N–H and O–H groups in total. The van der Waals surface area contributed by atoms with Crippen LogP contribution in [-0.2, 0) is 4.79 Å². The second-order valence-electron chi connectivity index (χ2n) is 4.83. The van der Waals surface area contributed by atoms with Crippen LogP contribution in [0.15, 0.2) is 24.3 Å². The summed E-state index contributed by atoms with van der Waals surface area (Å²) >= 11 is 0. The lowest BCUT2D eigenvalue weighted by Gasteiger charge is -2.18. The summed E-state index contributed by atoms with van der Waals surface area (Å²) in [7, 11) is 0. The molecule has 92 valence electrons. The first-order chi connectivity index (χ1) is 8.16. The maximum Gasteiger partial charge on any atom is 0.227 e. The number of anilines is 1. The molecule has 0 aromatic heterocycles. The predicted octanol–water partition coefficient (Wildman–Crippen LogP) is 3.59. The van der Waals surface area contributed by atoms with Crippen molar-refractivity contribution < 1.29 is 9.18 Å². The topological polar surface area (TPSA) is 29.1 Å². The van der Waals surface area contributed by atoms with Gasteiger partial charge in [0.1, 0.15) is 5.82 Å². The van der Waals surface area contributed by atoms with Crippen molar-refractivity contribution in [1.29, 1.82) is 0 Å². The number of halogens is 1. The zero-order chi connectivity index (χ0) is 12.3. The summed E-state index contributed by atoms with van der Waals surface area (Å²) in [4.78, 5) is 12.0. The minimum atomic E-state index is -0.285. The third-order valence-corrected chi connectivity index (χ3v) is 3.63. The van der Waals surface area contributed by atoms with Crippen molar-refractivity contribution in [1.82, 2.24) is 0 Å². The van der Waals surface area contributed by atoms with Gasteiger partial charge in [-0.05, 0) is 43.0 Å². The largest absolute Gasteiger partial charge is 0.326 e. The first-order valence-corrected chi connectivity index (χ1v) is 6.23. The van der Waals surface area contributed by atoms with Crippen LogP contribution in [-0.4, -0.2) is 5.91 Å². The van der Waals surface area contributed by atoms with Crippen molar-refractivity contribution in [2.75, 3.05) is 5.32 Å². The van der Waals surface area contributed by atoms with Crippen molar-refractivity contribution in [3.05, 3.63) is 30.1 Å².